The molecule has 0 N–H and O–H groups in total. The van der Waals surface area contributed by atoms with E-state index in [9.17, 15) is 5.26 Å². The fraction of sp³-hybridized carbons (Fsp3) is 0.125. The maximum Gasteiger partial charge on any atom is 0.241 e. The Balaban J connectivity index is 2.42. The Morgan fingerprint density at radius 2 is 1.89 bits per heavy atom. The van der Waals surface area contributed by atoms with Gasteiger partial charge in [-0.1, -0.05) is 24.3 Å². The van der Waals surface area contributed by atoms with Crippen molar-refractivity contribution in [2.24, 2.45) is 0 Å². The average Bonchev–Trinajstić information content (AvgIpc) is 2.42. The molecule has 0 spiro atoms. The Hall–Kier alpha value is -2.78. The highest BCUT2D eigenvalue weighted by molar-refractivity contribution is 5.51. The van der Waals surface area contributed by atoms with E-state index in [1.54, 1.807) is 18.2 Å². The summed E-state index contributed by atoms with van der Waals surface area (Å²) in [6, 6.07) is 15.1. The first-order chi connectivity index (χ1) is 9.26. The quantitative estimate of drug-likeness (QED) is 0.767. The van der Waals surface area contributed by atoms with Crippen molar-refractivity contribution in [3.8, 4) is 17.6 Å². The third-order valence-corrected chi connectivity index (χ3v) is 2.79. The number of rotatable bonds is 3. The molecule has 2 aromatic rings. The molecule has 2 rings (SSSR count). The van der Waals surface area contributed by atoms with E-state index in [-0.39, 0.29) is 6.54 Å². The van der Waals surface area contributed by atoms with Gasteiger partial charge in [-0.3, -0.25) is 0 Å². The molecule has 0 fully saturated rings. The molecular formula is C16H12N2O. The lowest BCUT2D eigenvalue weighted by Crippen LogP contribution is -1.94. The molecule has 3 nitrogen and oxygen atoms in total. The molecule has 0 unspecified atom stereocenters. The Morgan fingerprint density at radius 3 is 2.58 bits per heavy atom. The minimum atomic E-state index is 0.188. The molecular weight excluding hydrogens is 236 g/mol. The first-order valence-corrected chi connectivity index (χ1v) is 5.85. The van der Waals surface area contributed by atoms with Gasteiger partial charge in [-0.15, -0.1) is 0 Å². The van der Waals surface area contributed by atoms with Crippen LogP contribution in [0, 0.1) is 24.8 Å². The summed E-state index contributed by atoms with van der Waals surface area (Å²) in [5, 5.41) is 9.24. The van der Waals surface area contributed by atoms with Gasteiger partial charge >= 0.3 is 0 Å². The lowest BCUT2D eigenvalue weighted by molar-refractivity contribution is 0.477. The predicted octanol–water partition coefficient (Wildman–Crippen LogP) is 4.08. The van der Waals surface area contributed by atoms with E-state index in [0.717, 1.165) is 11.3 Å². The zero-order valence-corrected chi connectivity index (χ0v) is 10.6. The first-order valence-electron chi connectivity index (χ1n) is 5.85. The average molecular weight is 248 g/mol. The second-order valence-electron chi connectivity index (χ2n) is 4.09. The minimum Gasteiger partial charge on any atom is -0.456 e. The molecule has 0 bridgehead atoms. The van der Waals surface area contributed by atoms with Crippen molar-refractivity contribution in [1.82, 2.24) is 0 Å². The molecule has 2 aromatic carbocycles. The number of nitriles is 1. The number of nitrogens with zero attached hydrogens (tertiary/aromatic N) is 2. The fourth-order valence-corrected chi connectivity index (χ4v) is 1.79. The largest absolute Gasteiger partial charge is 0.456 e. The Morgan fingerprint density at radius 1 is 1.16 bits per heavy atom. The van der Waals surface area contributed by atoms with Gasteiger partial charge in [-0.2, -0.15) is 5.26 Å². The van der Waals surface area contributed by atoms with Gasteiger partial charge in [0, 0.05) is 0 Å². The van der Waals surface area contributed by atoms with Crippen LogP contribution in [-0.2, 0) is 6.54 Å². The van der Waals surface area contributed by atoms with Crippen LogP contribution in [0.3, 0.4) is 0 Å². The maximum atomic E-state index is 9.24. The second-order valence-corrected chi connectivity index (χ2v) is 4.09. The van der Waals surface area contributed by atoms with Crippen LogP contribution in [0.4, 0.5) is 0 Å². The third-order valence-electron chi connectivity index (χ3n) is 2.79. The maximum absolute atomic E-state index is 9.24. The molecule has 0 atom stereocenters. The van der Waals surface area contributed by atoms with Crippen molar-refractivity contribution >= 4 is 0 Å². The summed E-state index contributed by atoms with van der Waals surface area (Å²) < 4.78 is 5.79. The van der Waals surface area contributed by atoms with Crippen molar-refractivity contribution in [2.75, 3.05) is 0 Å². The highest BCUT2D eigenvalue weighted by Gasteiger charge is 2.12. The van der Waals surface area contributed by atoms with Gasteiger partial charge in [0.25, 0.3) is 0 Å². The van der Waals surface area contributed by atoms with E-state index in [1.165, 1.54) is 0 Å². The van der Waals surface area contributed by atoms with Crippen LogP contribution in [0.1, 0.15) is 16.7 Å². The fourth-order valence-electron chi connectivity index (χ4n) is 1.79. The van der Waals surface area contributed by atoms with Gasteiger partial charge in [0.05, 0.1) is 5.56 Å². The van der Waals surface area contributed by atoms with Crippen LogP contribution in [0.5, 0.6) is 11.5 Å². The molecule has 19 heavy (non-hydrogen) atoms. The van der Waals surface area contributed by atoms with Crippen LogP contribution in [0.25, 0.3) is 4.85 Å². The summed E-state index contributed by atoms with van der Waals surface area (Å²) in [7, 11) is 0. The zero-order chi connectivity index (χ0) is 13.7. The molecule has 0 aliphatic carbocycles. The first kappa shape index (κ1) is 12.7. The summed E-state index contributed by atoms with van der Waals surface area (Å²) in [6.45, 7) is 9.05. The molecule has 92 valence electrons. The van der Waals surface area contributed by atoms with Gasteiger partial charge in [0.1, 0.15) is 23.1 Å². The monoisotopic (exact) mass is 248 g/mol. The molecule has 0 radical (unpaired) electrons. The molecule has 0 heterocycles. The van der Waals surface area contributed by atoms with Gasteiger partial charge in [0.15, 0.2) is 0 Å². The number of ether oxygens (including phenoxy) is 1. The van der Waals surface area contributed by atoms with E-state index in [4.69, 9.17) is 11.3 Å². The SMILES string of the molecule is [C-]#[N+]Cc1cccc(Oc2ccccc2C)c1C#N. The summed E-state index contributed by atoms with van der Waals surface area (Å²) in [6.07, 6.45) is 0. The van der Waals surface area contributed by atoms with Crippen molar-refractivity contribution in [1.29, 1.82) is 5.26 Å². The van der Waals surface area contributed by atoms with Gasteiger partial charge < -0.3 is 9.58 Å². The summed E-state index contributed by atoms with van der Waals surface area (Å²) in [5.74, 6) is 1.22. The molecule has 3 heteroatoms. The van der Waals surface area contributed by atoms with Crippen LogP contribution in [0.2, 0.25) is 0 Å². The summed E-state index contributed by atoms with van der Waals surface area (Å²) >= 11 is 0. The number of para-hydroxylation sites is 1. The Kier molecular flexibility index (Phi) is 3.81. The number of hydrogen-bond donors (Lipinski definition) is 0. The topological polar surface area (TPSA) is 37.4 Å². The minimum absolute atomic E-state index is 0.188. The van der Waals surface area contributed by atoms with Crippen molar-refractivity contribution in [3.63, 3.8) is 0 Å². The van der Waals surface area contributed by atoms with Crippen LogP contribution >= 0.6 is 0 Å². The molecule has 0 saturated carbocycles. The lowest BCUT2D eigenvalue weighted by Gasteiger charge is -2.10. The van der Waals surface area contributed by atoms with Crippen molar-refractivity contribution in [3.05, 3.63) is 70.6 Å². The standard InChI is InChI=1S/C16H12N2O/c1-12-6-3-4-8-15(12)19-16-9-5-7-13(11-18-2)14(16)10-17/h3-9H,11H2,1H3. The number of benzene rings is 2. The zero-order valence-electron chi connectivity index (χ0n) is 10.6. The smallest absolute Gasteiger partial charge is 0.241 e. The van der Waals surface area contributed by atoms with Gasteiger partial charge in [0.2, 0.25) is 6.54 Å². The highest BCUT2D eigenvalue weighted by Crippen LogP contribution is 2.29. The molecule has 0 aliphatic rings. The van der Waals surface area contributed by atoms with E-state index in [2.05, 4.69) is 10.9 Å². The van der Waals surface area contributed by atoms with E-state index in [0.29, 0.717) is 16.9 Å². The Labute approximate surface area is 112 Å². The Bertz CT molecular complexity index is 678. The van der Waals surface area contributed by atoms with Crippen LogP contribution in [0.15, 0.2) is 42.5 Å². The molecule has 0 saturated heterocycles. The summed E-state index contributed by atoms with van der Waals surface area (Å²) in [5.41, 5.74) is 2.13. The lowest BCUT2D eigenvalue weighted by atomic mass is 10.1. The van der Waals surface area contributed by atoms with Gasteiger partial charge in [-0.25, -0.2) is 6.57 Å². The van der Waals surface area contributed by atoms with Gasteiger partial charge in [-0.05, 0) is 30.7 Å². The van der Waals surface area contributed by atoms with E-state index < -0.39 is 0 Å². The van der Waals surface area contributed by atoms with Crippen molar-refractivity contribution < 1.29 is 4.74 Å². The van der Waals surface area contributed by atoms with E-state index in [1.807, 2.05) is 31.2 Å². The number of hydrogen-bond acceptors (Lipinski definition) is 2. The normalized spacial score (nSPS) is 9.42. The van der Waals surface area contributed by atoms with Crippen molar-refractivity contribution in [2.45, 2.75) is 13.5 Å². The number of aryl methyl sites for hydroxylation is 1. The predicted molar refractivity (Wildman–Crippen MR) is 72.7 cm³/mol. The van der Waals surface area contributed by atoms with Crippen LogP contribution < -0.4 is 4.74 Å². The summed E-state index contributed by atoms with van der Waals surface area (Å²) in [4.78, 5) is 3.32. The third kappa shape index (κ3) is 2.73. The molecule has 0 aliphatic heterocycles. The van der Waals surface area contributed by atoms with Crippen LogP contribution in [-0.4, -0.2) is 0 Å². The molecule has 0 amide bonds. The second kappa shape index (κ2) is 5.71. The highest BCUT2D eigenvalue weighted by atomic mass is 16.5. The van der Waals surface area contributed by atoms with E-state index >= 15 is 0 Å². The molecule has 0 aromatic heterocycles.